The summed E-state index contributed by atoms with van der Waals surface area (Å²) in [6, 6.07) is 3.38. The Morgan fingerprint density at radius 1 is 1.36 bits per heavy atom. The Hall–Kier alpha value is -1.42. The van der Waals surface area contributed by atoms with Crippen molar-refractivity contribution in [2.45, 2.75) is 0 Å². The molecule has 0 bridgehead atoms. The van der Waals surface area contributed by atoms with Gasteiger partial charge in [-0.25, -0.2) is 0 Å². The van der Waals surface area contributed by atoms with Crippen LogP contribution < -0.4 is 0 Å². The number of rotatable bonds is 3. The number of hydrogen-bond donors (Lipinski definition) is 0. The van der Waals surface area contributed by atoms with Crippen LogP contribution in [-0.4, -0.2) is 4.92 Å². The SMILES string of the molecule is C=Cc1ccc(Br)c([N+](=O)[O-])c1C=C. The quantitative estimate of drug-likeness (QED) is 0.610. The number of hydrogen-bond acceptors (Lipinski definition) is 2. The van der Waals surface area contributed by atoms with Crippen LogP contribution in [0.4, 0.5) is 5.69 Å². The average Bonchev–Trinajstić information content (AvgIpc) is 2.16. The molecule has 0 heterocycles. The fraction of sp³-hybridized carbons (Fsp3) is 0. The van der Waals surface area contributed by atoms with Crippen LogP contribution in [0.15, 0.2) is 29.8 Å². The molecule has 4 heteroatoms. The summed E-state index contributed by atoms with van der Waals surface area (Å²) in [5, 5.41) is 10.8. The molecule has 14 heavy (non-hydrogen) atoms. The predicted molar refractivity (Wildman–Crippen MR) is 61.0 cm³/mol. The molecule has 0 unspecified atom stereocenters. The van der Waals surface area contributed by atoms with Gasteiger partial charge >= 0.3 is 0 Å². The van der Waals surface area contributed by atoms with E-state index in [0.717, 1.165) is 0 Å². The van der Waals surface area contributed by atoms with Crippen molar-refractivity contribution in [2.24, 2.45) is 0 Å². The second-order valence-corrected chi connectivity index (χ2v) is 3.42. The molecular formula is C10H8BrNO2. The van der Waals surface area contributed by atoms with Gasteiger partial charge in [0.15, 0.2) is 0 Å². The molecule has 1 rings (SSSR count). The Labute approximate surface area is 90.0 Å². The third-order valence-electron chi connectivity index (χ3n) is 1.81. The molecule has 0 aliphatic heterocycles. The monoisotopic (exact) mass is 253 g/mol. The first kappa shape index (κ1) is 10.7. The normalized spacial score (nSPS) is 9.50. The minimum absolute atomic E-state index is 0.0254. The summed E-state index contributed by atoms with van der Waals surface area (Å²) in [5.74, 6) is 0. The van der Waals surface area contributed by atoms with Gasteiger partial charge in [0.1, 0.15) is 0 Å². The molecule has 0 atom stereocenters. The van der Waals surface area contributed by atoms with Crippen molar-refractivity contribution in [2.75, 3.05) is 0 Å². The van der Waals surface area contributed by atoms with Crippen molar-refractivity contribution >= 4 is 33.8 Å². The first-order chi connectivity index (χ1) is 6.61. The average molecular weight is 254 g/mol. The minimum Gasteiger partial charge on any atom is -0.258 e. The molecule has 1 aromatic carbocycles. The van der Waals surface area contributed by atoms with Crippen molar-refractivity contribution in [3.8, 4) is 0 Å². The third-order valence-corrected chi connectivity index (χ3v) is 2.45. The summed E-state index contributed by atoms with van der Waals surface area (Å²) in [7, 11) is 0. The van der Waals surface area contributed by atoms with Crippen LogP contribution in [0.2, 0.25) is 0 Å². The van der Waals surface area contributed by atoms with E-state index in [1.807, 2.05) is 0 Å². The zero-order valence-electron chi connectivity index (χ0n) is 7.37. The zero-order chi connectivity index (χ0) is 10.7. The van der Waals surface area contributed by atoms with Crippen LogP contribution in [-0.2, 0) is 0 Å². The molecule has 0 fully saturated rings. The van der Waals surface area contributed by atoms with Crippen molar-refractivity contribution in [1.82, 2.24) is 0 Å². The maximum absolute atomic E-state index is 10.8. The Morgan fingerprint density at radius 3 is 2.43 bits per heavy atom. The lowest BCUT2D eigenvalue weighted by atomic mass is 10.1. The van der Waals surface area contributed by atoms with Crippen LogP contribution in [0.5, 0.6) is 0 Å². The fourth-order valence-corrected chi connectivity index (χ4v) is 1.67. The lowest BCUT2D eigenvalue weighted by Crippen LogP contribution is -1.95. The number of nitrogens with zero attached hydrogens (tertiary/aromatic N) is 1. The van der Waals surface area contributed by atoms with E-state index in [1.54, 1.807) is 18.2 Å². The molecule has 0 radical (unpaired) electrons. The van der Waals surface area contributed by atoms with E-state index in [0.29, 0.717) is 15.6 Å². The van der Waals surface area contributed by atoms with Gasteiger partial charge in [0, 0.05) is 0 Å². The van der Waals surface area contributed by atoms with E-state index in [-0.39, 0.29) is 5.69 Å². The molecule has 0 aliphatic carbocycles. The molecule has 0 saturated heterocycles. The van der Waals surface area contributed by atoms with Crippen molar-refractivity contribution in [3.05, 3.63) is 51.0 Å². The molecule has 0 amide bonds. The number of benzene rings is 1. The van der Waals surface area contributed by atoms with E-state index in [2.05, 4.69) is 29.1 Å². The summed E-state index contributed by atoms with van der Waals surface area (Å²) in [5.41, 5.74) is 1.21. The highest BCUT2D eigenvalue weighted by Gasteiger charge is 2.18. The van der Waals surface area contributed by atoms with Gasteiger partial charge in [0.25, 0.3) is 5.69 Å². The van der Waals surface area contributed by atoms with Crippen LogP contribution in [0.3, 0.4) is 0 Å². The topological polar surface area (TPSA) is 43.1 Å². The lowest BCUT2D eigenvalue weighted by Gasteiger charge is -2.03. The largest absolute Gasteiger partial charge is 0.291 e. The Morgan fingerprint density at radius 2 is 2.00 bits per heavy atom. The van der Waals surface area contributed by atoms with Gasteiger partial charge in [-0.2, -0.15) is 0 Å². The van der Waals surface area contributed by atoms with Gasteiger partial charge in [-0.15, -0.1) is 0 Å². The van der Waals surface area contributed by atoms with Gasteiger partial charge in [-0.1, -0.05) is 31.4 Å². The highest BCUT2D eigenvalue weighted by atomic mass is 79.9. The summed E-state index contributed by atoms with van der Waals surface area (Å²) < 4.78 is 0.447. The second-order valence-electron chi connectivity index (χ2n) is 2.56. The van der Waals surface area contributed by atoms with E-state index in [4.69, 9.17) is 0 Å². The van der Waals surface area contributed by atoms with Crippen LogP contribution in [0.25, 0.3) is 12.2 Å². The van der Waals surface area contributed by atoms with Gasteiger partial charge in [-0.05, 0) is 27.6 Å². The molecule has 0 N–H and O–H groups in total. The molecule has 0 aromatic heterocycles. The zero-order valence-corrected chi connectivity index (χ0v) is 8.95. The second kappa shape index (κ2) is 4.19. The first-order valence-electron chi connectivity index (χ1n) is 3.83. The Kier molecular flexibility index (Phi) is 3.19. The van der Waals surface area contributed by atoms with E-state index < -0.39 is 4.92 Å². The maximum Gasteiger partial charge on any atom is 0.291 e. The smallest absolute Gasteiger partial charge is 0.258 e. The van der Waals surface area contributed by atoms with Crippen LogP contribution in [0.1, 0.15) is 11.1 Å². The molecule has 0 spiro atoms. The third kappa shape index (κ3) is 1.75. The lowest BCUT2D eigenvalue weighted by molar-refractivity contribution is -0.385. The molecule has 0 saturated carbocycles. The molecular weight excluding hydrogens is 246 g/mol. The van der Waals surface area contributed by atoms with Crippen molar-refractivity contribution in [3.63, 3.8) is 0 Å². The fourth-order valence-electron chi connectivity index (χ4n) is 1.18. The molecule has 3 nitrogen and oxygen atoms in total. The van der Waals surface area contributed by atoms with E-state index >= 15 is 0 Å². The molecule has 0 aliphatic rings. The van der Waals surface area contributed by atoms with E-state index in [9.17, 15) is 10.1 Å². The number of nitro groups is 1. The number of halogens is 1. The summed E-state index contributed by atoms with van der Waals surface area (Å²) >= 11 is 3.13. The number of nitro benzene ring substituents is 1. The van der Waals surface area contributed by atoms with Crippen LogP contribution >= 0.6 is 15.9 Å². The molecule has 72 valence electrons. The predicted octanol–water partition coefficient (Wildman–Crippen LogP) is 3.64. The summed E-state index contributed by atoms with van der Waals surface area (Å²) in [6.45, 7) is 7.13. The van der Waals surface area contributed by atoms with Gasteiger partial charge in [0.05, 0.1) is 15.0 Å². The standard InChI is InChI=1S/C10H8BrNO2/c1-3-7-5-6-9(11)10(12(13)14)8(7)4-2/h3-6H,1-2H2. The van der Waals surface area contributed by atoms with Gasteiger partial charge in [0.2, 0.25) is 0 Å². The van der Waals surface area contributed by atoms with Crippen molar-refractivity contribution < 1.29 is 4.92 Å². The van der Waals surface area contributed by atoms with Crippen molar-refractivity contribution in [1.29, 1.82) is 0 Å². The molecule has 1 aromatic rings. The first-order valence-corrected chi connectivity index (χ1v) is 4.63. The van der Waals surface area contributed by atoms with Crippen LogP contribution in [0, 0.1) is 10.1 Å². The Bertz CT molecular complexity index is 413. The highest BCUT2D eigenvalue weighted by molar-refractivity contribution is 9.10. The van der Waals surface area contributed by atoms with Gasteiger partial charge in [-0.3, -0.25) is 10.1 Å². The van der Waals surface area contributed by atoms with E-state index in [1.165, 1.54) is 6.08 Å². The highest BCUT2D eigenvalue weighted by Crippen LogP contribution is 2.32. The minimum atomic E-state index is -0.436. The van der Waals surface area contributed by atoms with Gasteiger partial charge < -0.3 is 0 Å². The maximum atomic E-state index is 10.8. The summed E-state index contributed by atoms with van der Waals surface area (Å²) in [4.78, 5) is 10.3. The summed E-state index contributed by atoms with van der Waals surface area (Å²) in [6.07, 6.45) is 3.02. The Balaban J connectivity index is 3.58.